The lowest BCUT2D eigenvalue weighted by Crippen LogP contribution is -2.53. The normalized spacial score (nSPS) is 26.2. The number of allylic oxidation sites excluding steroid dienone is 4. The van der Waals surface area contributed by atoms with E-state index in [-0.39, 0.29) is 17.4 Å². The molecule has 0 spiro atoms. The van der Waals surface area contributed by atoms with Crippen LogP contribution in [0.2, 0.25) is 0 Å². The van der Waals surface area contributed by atoms with E-state index in [1.807, 2.05) is 18.0 Å². The number of nitrogens with one attached hydrogen (secondary N) is 1. The van der Waals surface area contributed by atoms with Gasteiger partial charge in [-0.05, 0) is 50.1 Å². The number of rotatable bonds is 4. The first-order valence-corrected chi connectivity index (χ1v) is 8.78. The van der Waals surface area contributed by atoms with Crippen molar-refractivity contribution in [3.05, 3.63) is 22.8 Å². The zero-order valence-electron chi connectivity index (χ0n) is 14.3. The maximum absolute atomic E-state index is 12.6. The van der Waals surface area contributed by atoms with Crippen LogP contribution in [-0.4, -0.2) is 37.0 Å². The molecule has 0 saturated carbocycles. The maximum atomic E-state index is 12.6. The molecule has 2 aliphatic rings. The fourth-order valence-corrected chi connectivity index (χ4v) is 4.03. The zero-order valence-corrected chi connectivity index (χ0v) is 15.0. The Balaban J connectivity index is 2.08. The smallest absolute Gasteiger partial charge is 0.239 e. The number of likely N-dealkylation sites (N-methyl/N-ethyl adjacent to an activating group) is 1. The van der Waals surface area contributed by atoms with Gasteiger partial charge < -0.3 is 10.2 Å². The fraction of sp³-hybridized carbons (Fsp3) is 0.722. The van der Waals surface area contributed by atoms with Gasteiger partial charge in [0.1, 0.15) is 0 Å². The van der Waals surface area contributed by atoms with Gasteiger partial charge >= 0.3 is 0 Å². The van der Waals surface area contributed by atoms with E-state index in [1.165, 1.54) is 5.57 Å². The highest BCUT2D eigenvalue weighted by atomic mass is 35.5. The van der Waals surface area contributed by atoms with Gasteiger partial charge in [-0.15, -0.1) is 0 Å². The van der Waals surface area contributed by atoms with Gasteiger partial charge in [0, 0.05) is 18.1 Å². The second-order valence-electron chi connectivity index (χ2n) is 7.19. The average molecular weight is 325 g/mol. The molecular weight excluding hydrogens is 296 g/mol. The molecule has 0 aromatic carbocycles. The van der Waals surface area contributed by atoms with Gasteiger partial charge in [0.2, 0.25) is 5.91 Å². The lowest BCUT2D eigenvalue weighted by atomic mass is 9.68. The van der Waals surface area contributed by atoms with Crippen molar-refractivity contribution in [3.8, 4) is 0 Å². The lowest BCUT2D eigenvalue weighted by molar-refractivity contribution is -0.137. The molecule has 0 bridgehead atoms. The number of nitrogens with zero attached hydrogens (tertiary/aromatic N) is 1. The predicted molar refractivity (Wildman–Crippen MR) is 92.9 cm³/mol. The number of hydrogen-bond donors (Lipinski definition) is 1. The van der Waals surface area contributed by atoms with Crippen LogP contribution in [0, 0.1) is 11.3 Å². The molecule has 1 unspecified atom stereocenters. The minimum Gasteiger partial charge on any atom is -0.341 e. The van der Waals surface area contributed by atoms with Crippen LogP contribution >= 0.6 is 11.6 Å². The molecule has 3 nitrogen and oxygen atoms in total. The van der Waals surface area contributed by atoms with E-state index in [0.717, 1.165) is 43.8 Å². The topological polar surface area (TPSA) is 32.3 Å². The average Bonchev–Trinajstić information content (AvgIpc) is 2.48. The predicted octanol–water partition coefficient (Wildman–Crippen LogP) is 3.70. The first kappa shape index (κ1) is 17.6. The highest BCUT2D eigenvalue weighted by Gasteiger charge is 2.40. The molecular formula is C18H29ClN2O. The Morgan fingerprint density at radius 2 is 2.18 bits per heavy atom. The van der Waals surface area contributed by atoms with Crippen molar-refractivity contribution in [3.63, 3.8) is 0 Å². The van der Waals surface area contributed by atoms with E-state index in [4.69, 9.17) is 11.6 Å². The van der Waals surface area contributed by atoms with Crippen LogP contribution in [0.4, 0.5) is 0 Å². The summed E-state index contributed by atoms with van der Waals surface area (Å²) in [5, 5.41) is 4.08. The molecule has 4 heteroatoms. The van der Waals surface area contributed by atoms with Gasteiger partial charge in [-0.25, -0.2) is 0 Å². The third-order valence-electron chi connectivity index (χ3n) is 5.17. The molecule has 1 fully saturated rings. The van der Waals surface area contributed by atoms with Gasteiger partial charge in [0.25, 0.3) is 0 Å². The molecule has 2 atom stereocenters. The summed E-state index contributed by atoms with van der Waals surface area (Å²) in [5.74, 6) is 0.796. The van der Waals surface area contributed by atoms with Gasteiger partial charge in [0.05, 0.1) is 6.04 Å². The van der Waals surface area contributed by atoms with Crippen LogP contribution < -0.4 is 5.32 Å². The Kier molecular flexibility index (Phi) is 5.73. The third kappa shape index (κ3) is 3.75. The van der Waals surface area contributed by atoms with E-state index < -0.39 is 0 Å². The largest absolute Gasteiger partial charge is 0.341 e. The SMILES string of the molecule is CC[C@@H](NC)C(=O)N1CCC(C2=CC=C(Cl)CC2)C(C)(C)C1. The molecule has 1 N–H and O–H groups in total. The first-order valence-electron chi connectivity index (χ1n) is 8.40. The minimum atomic E-state index is -0.0528. The molecule has 0 aromatic heterocycles. The second-order valence-corrected chi connectivity index (χ2v) is 7.68. The molecule has 1 aliphatic heterocycles. The van der Waals surface area contributed by atoms with Crippen molar-refractivity contribution in [2.75, 3.05) is 20.1 Å². The molecule has 1 amide bonds. The van der Waals surface area contributed by atoms with Gasteiger partial charge in [-0.3, -0.25) is 4.79 Å². The van der Waals surface area contributed by atoms with Crippen LogP contribution in [0.25, 0.3) is 0 Å². The molecule has 1 aliphatic carbocycles. The molecule has 0 aromatic rings. The molecule has 124 valence electrons. The zero-order chi connectivity index (χ0) is 16.3. The highest BCUT2D eigenvalue weighted by molar-refractivity contribution is 6.29. The lowest BCUT2D eigenvalue weighted by Gasteiger charge is -2.46. The molecule has 1 heterocycles. The number of hydrogen-bond acceptors (Lipinski definition) is 2. The van der Waals surface area contributed by atoms with Crippen molar-refractivity contribution < 1.29 is 4.79 Å². The summed E-state index contributed by atoms with van der Waals surface area (Å²) < 4.78 is 0. The third-order valence-corrected chi connectivity index (χ3v) is 5.49. The van der Waals surface area contributed by atoms with Gasteiger partial charge in [-0.1, -0.05) is 44.0 Å². The van der Waals surface area contributed by atoms with Crippen LogP contribution in [0.5, 0.6) is 0 Å². The van der Waals surface area contributed by atoms with Gasteiger partial charge in [-0.2, -0.15) is 0 Å². The molecule has 22 heavy (non-hydrogen) atoms. The number of amides is 1. The summed E-state index contributed by atoms with van der Waals surface area (Å²) in [6.07, 6.45) is 8.16. The Morgan fingerprint density at radius 3 is 2.68 bits per heavy atom. The summed E-state index contributed by atoms with van der Waals surface area (Å²) in [5.41, 5.74) is 1.62. The Bertz CT molecular complexity index is 477. The number of halogens is 1. The van der Waals surface area contributed by atoms with Crippen LogP contribution in [-0.2, 0) is 4.79 Å². The summed E-state index contributed by atoms with van der Waals surface area (Å²) in [6, 6.07) is -0.0528. The highest BCUT2D eigenvalue weighted by Crippen LogP contribution is 2.42. The summed E-state index contributed by atoms with van der Waals surface area (Å²) in [7, 11) is 1.87. The van der Waals surface area contributed by atoms with E-state index in [2.05, 4.69) is 32.2 Å². The fourth-order valence-electron chi connectivity index (χ4n) is 3.87. The number of likely N-dealkylation sites (tertiary alicyclic amines) is 1. The quantitative estimate of drug-likeness (QED) is 0.855. The molecule has 2 rings (SSSR count). The summed E-state index contributed by atoms with van der Waals surface area (Å²) >= 11 is 6.08. The van der Waals surface area contributed by atoms with Crippen molar-refractivity contribution in [2.24, 2.45) is 11.3 Å². The van der Waals surface area contributed by atoms with E-state index >= 15 is 0 Å². The number of piperidine rings is 1. The van der Waals surface area contributed by atoms with Crippen molar-refractivity contribution in [1.82, 2.24) is 10.2 Å². The van der Waals surface area contributed by atoms with Crippen LogP contribution in [0.15, 0.2) is 22.8 Å². The molecule has 0 radical (unpaired) electrons. The Labute approximate surface area is 139 Å². The van der Waals surface area contributed by atoms with E-state index in [1.54, 1.807) is 0 Å². The van der Waals surface area contributed by atoms with E-state index in [0.29, 0.717) is 5.92 Å². The second kappa shape index (κ2) is 7.18. The van der Waals surface area contributed by atoms with Crippen LogP contribution in [0.3, 0.4) is 0 Å². The number of carbonyl (C=O) groups excluding carboxylic acids is 1. The van der Waals surface area contributed by atoms with Crippen molar-refractivity contribution >= 4 is 17.5 Å². The first-order chi connectivity index (χ1) is 10.4. The Hall–Kier alpha value is -0.800. The van der Waals surface area contributed by atoms with E-state index in [9.17, 15) is 4.79 Å². The van der Waals surface area contributed by atoms with Crippen molar-refractivity contribution in [2.45, 2.75) is 52.5 Å². The standard InChI is InChI=1S/C18H29ClN2O/c1-5-16(20-4)17(22)21-11-10-15(18(2,3)12-21)13-6-8-14(19)9-7-13/h6,8,15-16,20H,5,7,9-12H2,1-4H3/t15?,16-/m1/s1. The van der Waals surface area contributed by atoms with Gasteiger partial charge in [0.15, 0.2) is 0 Å². The summed E-state index contributed by atoms with van der Waals surface area (Å²) in [4.78, 5) is 14.6. The molecule has 1 saturated heterocycles. The number of carbonyl (C=O) groups is 1. The van der Waals surface area contributed by atoms with Crippen molar-refractivity contribution in [1.29, 1.82) is 0 Å². The monoisotopic (exact) mass is 324 g/mol. The maximum Gasteiger partial charge on any atom is 0.239 e. The van der Waals surface area contributed by atoms with Crippen LogP contribution in [0.1, 0.15) is 46.5 Å². The Morgan fingerprint density at radius 1 is 1.45 bits per heavy atom. The minimum absolute atomic E-state index is 0.0528. The summed E-state index contributed by atoms with van der Waals surface area (Å²) in [6.45, 7) is 8.33.